The second-order valence-electron chi connectivity index (χ2n) is 9.73. The molecule has 1 aromatic carbocycles. The Bertz CT molecular complexity index is 903. The van der Waals surface area contributed by atoms with Gasteiger partial charge in [0.1, 0.15) is 6.04 Å². The highest BCUT2D eigenvalue weighted by atomic mass is 16.2. The van der Waals surface area contributed by atoms with E-state index in [4.69, 9.17) is 5.73 Å². The first kappa shape index (κ1) is 21.6. The molecule has 3 N–H and O–H groups in total. The standard InChI is InChI=1S/C24H33N5O3/c25-18-4-6-19(7-5-18)28-12-10-27(11-13-28)14-16-2-1-3-17-15-29(24(32)22(16)17)20-8-9-21(30)26-23(20)31/h1-3,18-20H,4-15,25H2,(H,26,30,31). The lowest BCUT2D eigenvalue weighted by molar-refractivity contribution is -0.136. The topological polar surface area (TPSA) is 99.0 Å². The molecule has 0 bridgehead atoms. The van der Waals surface area contributed by atoms with E-state index >= 15 is 0 Å². The summed E-state index contributed by atoms with van der Waals surface area (Å²) in [6, 6.07) is 6.52. The van der Waals surface area contributed by atoms with Crippen molar-refractivity contribution in [3.05, 3.63) is 34.9 Å². The van der Waals surface area contributed by atoms with Crippen molar-refractivity contribution in [3.8, 4) is 0 Å². The number of hydrogen-bond donors (Lipinski definition) is 2. The van der Waals surface area contributed by atoms with Gasteiger partial charge in [-0.25, -0.2) is 0 Å². The van der Waals surface area contributed by atoms with Gasteiger partial charge in [-0.3, -0.25) is 29.5 Å². The molecule has 3 amide bonds. The fourth-order valence-corrected chi connectivity index (χ4v) is 5.82. The number of nitrogens with two attached hydrogens (primary N) is 1. The number of nitrogens with zero attached hydrogens (tertiary/aromatic N) is 3. The zero-order valence-corrected chi connectivity index (χ0v) is 18.6. The molecule has 5 rings (SSSR count). The lowest BCUT2D eigenvalue weighted by atomic mass is 9.90. The summed E-state index contributed by atoms with van der Waals surface area (Å²) in [5, 5.41) is 2.38. The first-order valence-corrected chi connectivity index (χ1v) is 12.0. The minimum absolute atomic E-state index is 0.0812. The highest BCUT2D eigenvalue weighted by molar-refractivity contribution is 6.05. The van der Waals surface area contributed by atoms with Gasteiger partial charge in [-0.2, -0.15) is 0 Å². The molecule has 32 heavy (non-hydrogen) atoms. The Morgan fingerprint density at radius 3 is 2.44 bits per heavy atom. The zero-order chi connectivity index (χ0) is 22.2. The molecule has 1 aliphatic carbocycles. The number of amides is 3. The summed E-state index contributed by atoms with van der Waals surface area (Å²) < 4.78 is 0. The normalized spacial score (nSPS) is 29.8. The molecule has 172 valence electrons. The quantitative estimate of drug-likeness (QED) is 0.675. The van der Waals surface area contributed by atoms with Crippen molar-refractivity contribution < 1.29 is 14.4 Å². The summed E-state index contributed by atoms with van der Waals surface area (Å²) >= 11 is 0. The van der Waals surface area contributed by atoms with Crippen molar-refractivity contribution >= 4 is 17.7 Å². The van der Waals surface area contributed by atoms with Gasteiger partial charge in [-0.15, -0.1) is 0 Å². The smallest absolute Gasteiger partial charge is 0.255 e. The predicted molar refractivity (Wildman–Crippen MR) is 120 cm³/mol. The average molecular weight is 440 g/mol. The largest absolute Gasteiger partial charge is 0.328 e. The van der Waals surface area contributed by atoms with Gasteiger partial charge < -0.3 is 10.6 Å². The van der Waals surface area contributed by atoms with Gasteiger partial charge >= 0.3 is 0 Å². The summed E-state index contributed by atoms with van der Waals surface area (Å²) in [6.07, 6.45) is 5.35. The van der Waals surface area contributed by atoms with Gasteiger partial charge in [0.25, 0.3) is 5.91 Å². The number of piperidine rings is 1. The van der Waals surface area contributed by atoms with Gasteiger partial charge in [-0.1, -0.05) is 18.2 Å². The molecule has 0 radical (unpaired) electrons. The van der Waals surface area contributed by atoms with Gasteiger partial charge in [0.2, 0.25) is 11.8 Å². The minimum Gasteiger partial charge on any atom is -0.328 e. The van der Waals surface area contributed by atoms with Crippen LogP contribution in [0.5, 0.6) is 0 Å². The molecule has 8 nitrogen and oxygen atoms in total. The average Bonchev–Trinajstić information content (AvgIpc) is 3.12. The SMILES string of the molecule is NC1CCC(N2CCN(Cc3cccc4c3C(=O)N(C3CCC(=O)NC3=O)C4)CC2)CC1. The Morgan fingerprint density at radius 2 is 1.72 bits per heavy atom. The van der Waals surface area contributed by atoms with E-state index in [9.17, 15) is 14.4 Å². The molecular weight excluding hydrogens is 406 g/mol. The van der Waals surface area contributed by atoms with Crippen molar-refractivity contribution in [1.82, 2.24) is 20.0 Å². The van der Waals surface area contributed by atoms with E-state index < -0.39 is 6.04 Å². The van der Waals surface area contributed by atoms with Crippen LogP contribution in [0.25, 0.3) is 0 Å². The third-order valence-corrected chi connectivity index (χ3v) is 7.70. The molecule has 3 fully saturated rings. The van der Waals surface area contributed by atoms with Crippen LogP contribution in [0.4, 0.5) is 0 Å². The fourth-order valence-electron chi connectivity index (χ4n) is 5.82. The van der Waals surface area contributed by atoms with Crippen molar-refractivity contribution in [1.29, 1.82) is 0 Å². The van der Waals surface area contributed by atoms with Crippen LogP contribution < -0.4 is 11.1 Å². The third-order valence-electron chi connectivity index (χ3n) is 7.70. The maximum atomic E-state index is 13.3. The number of nitrogens with one attached hydrogen (secondary N) is 1. The Balaban J connectivity index is 1.22. The monoisotopic (exact) mass is 439 g/mol. The second kappa shape index (κ2) is 8.92. The zero-order valence-electron chi connectivity index (χ0n) is 18.6. The molecule has 1 saturated carbocycles. The molecule has 1 aromatic rings. The van der Waals surface area contributed by atoms with Crippen molar-refractivity contribution in [2.75, 3.05) is 26.2 Å². The number of imide groups is 1. The maximum absolute atomic E-state index is 13.3. The number of rotatable bonds is 4. The van der Waals surface area contributed by atoms with E-state index in [1.54, 1.807) is 4.90 Å². The first-order chi connectivity index (χ1) is 15.5. The van der Waals surface area contributed by atoms with Crippen LogP contribution in [0.3, 0.4) is 0 Å². The molecule has 1 atom stereocenters. The molecule has 0 aromatic heterocycles. The highest BCUT2D eigenvalue weighted by Crippen LogP contribution is 2.31. The number of hydrogen-bond acceptors (Lipinski definition) is 6. The molecule has 3 aliphatic heterocycles. The Morgan fingerprint density at radius 1 is 0.969 bits per heavy atom. The lowest BCUT2D eigenvalue weighted by Gasteiger charge is -2.41. The Kier molecular flexibility index (Phi) is 6.01. The van der Waals surface area contributed by atoms with Crippen LogP contribution in [0.1, 0.15) is 60.0 Å². The number of benzene rings is 1. The van der Waals surface area contributed by atoms with Crippen LogP contribution in [0.15, 0.2) is 18.2 Å². The van der Waals surface area contributed by atoms with E-state index in [0.717, 1.165) is 62.3 Å². The number of piperazine rings is 1. The number of carbonyl (C=O) groups is 3. The summed E-state index contributed by atoms with van der Waals surface area (Å²) in [4.78, 5) is 43.8. The Hall–Kier alpha value is -2.29. The van der Waals surface area contributed by atoms with Crippen LogP contribution in [-0.2, 0) is 22.7 Å². The van der Waals surface area contributed by atoms with E-state index in [-0.39, 0.29) is 24.1 Å². The molecule has 2 saturated heterocycles. The minimum atomic E-state index is -0.562. The lowest BCUT2D eigenvalue weighted by Crippen LogP contribution is -2.52. The van der Waals surface area contributed by atoms with Gasteiger partial charge in [0, 0.05) is 63.3 Å². The number of fused-ring (bicyclic) bond motifs is 1. The molecule has 8 heteroatoms. The Labute approximate surface area is 189 Å². The first-order valence-electron chi connectivity index (χ1n) is 12.0. The summed E-state index contributed by atoms with van der Waals surface area (Å²) in [7, 11) is 0. The predicted octanol–water partition coefficient (Wildman–Crippen LogP) is 0.835. The summed E-state index contributed by atoms with van der Waals surface area (Å²) in [5.74, 6) is -0.697. The van der Waals surface area contributed by atoms with Gasteiger partial charge in [0.15, 0.2) is 0 Å². The second-order valence-corrected chi connectivity index (χ2v) is 9.73. The third kappa shape index (κ3) is 4.19. The summed E-state index contributed by atoms with van der Waals surface area (Å²) in [6.45, 7) is 5.30. The van der Waals surface area contributed by atoms with Crippen LogP contribution in [0.2, 0.25) is 0 Å². The van der Waals surface area contributed by atoms with Crippen LogP contribution in [0, 0.1) is 0 Å². The maximum Gasteiger partial charge on any atom is 0.255 e. The molecule has 3 heterocycles. The molecule has 1 unspecified atom stereocenters. The van der Waals surface area contributed by atoms with Crippen molar-refractivity contribution in [3.63, 3.8) is 0 Å². The van der Waals surface area contributed by atoms with Crippen LogP contribution in [-0.4, -0.2) is 76.7 Å². The van der Waals surface area contributed by atoms with Crippen molar-refractivity contribution in [2.24, 2.45) is 5.73 Å². The molecule has 0 spiro atoms. The van der Waals surface area contributed by atoms with Crippen molar-refractivity contribution in [2.45, 2.75) is 69.7 Å². The van der Waals surface area contributed by atoms with Crippen LogP contribution >= 0.6 is 0 Å². The summed E-state index contributed by atoms with van der Waals surface area (Å²) in [5.41, 5.74) is 8.84. The van der Waals surface area contributed by atoms with Gasteiger partial charge in [0.05, 0.1) is 0 Å². The van der Waals surface area contributed by atoms with E-state index in [2.05, 4.69) is 15.1 Å². The molecule has 4 aliphatic rings. The van der Waals surface area contributed by atoms with E-state index in [0.29, 0.717) is 25.0 Å². The fraction of sp³-hybridized carbons (Fsp3) is 0.625. The van der Waals surface area contributed by atoms with E-state index in [1.807, 2.05) is 18.2 Å². The molecular formula is C24H33N5O3. The van der Waals surface area contributed by atoms with E-state index in [1.165, 1.54) is 12.8 Å². The highest BCUT2D eigenvalue weighted by Gasteiger charge is 2.40. The number of carbonyl (C=O) groups excluding carboxylic acids is 3. The van der Waals surface area contributed by atoms with Gasteiger partial charge in [-0.05, 0) is 43.2 Å².